The molecule has 0 fully saturated rings. The summed E-state index contributed by atoms with van der Waals surface area (Å²) in [7, 11) is -2.55. The molecular formula is C8H8N2O2S. The van der Waals surface area contributed by atoms with Crippen molar-refractivity contribution in [2.24, 2.45) is 0 Å². The monoisotopic (exact) mass is 196 g/mol. The summed E-state index contributed by atoms with van der Waals surface area (Å²) < 4.78 is 22.6. The van der Waals surface area contributed by atoms with Crippen LogP contribution in [0.3, 0.4) is 0 Å². The number of hydrogen-bond acceptors (Lipinski definition) is 3. The normalized spacial score (nSPS) is 9.85. The Morgan fingerprint density at radius 1 is 1.31 bits per heavy atom. The highest BCUT2D eigenvalue weighted by atomic mass is 32.2. The van der Waals surface area contributed by atoms with E-state index in [0.717, 1.165) is 5.56 Å². The zero-order valence-electron chi connectivity index (χ0n) is 6.73. The second-order valence-corrected chi connectivity index (χ2v) is 3.23. The largest absolute Gasteiger partial charge is 0.216 e. The van der Waals surface area contributed by atoms with Gasteiger partial charge >= 0.3 is 0 Å². The minimum absolute atomic E-state index is 0.268. The fourth-order valence-corrected chi connectivity index (χ4v) is 1.16. The lowest BCUT2D eigenvalue weighted by atomic mass is 10.1. The van der Waals surface area contributed by atoms with Gasteiger partial charge in [-0.25, -0.2) is 13.1 Å². The molecule has 1 rings (SSSR count). The van der Waals surface area contributed by atoms with Crippen molar-refractivity contribution >= 4 is 10.9 Å². The first-order valence-electron chi connectivity index (χ1n) is 3.59. The molecule has 0 unspecified atom stereocenters. The number of benzene rings is 1. The van der Waals surface area contributed by atoms with Crippen molar-refractivity contribution in [1.82, 2.24) is 4.72 Å². The van der Waals surface area contributed by atoms with Gasteiger partial charge in [0.1, 0.15) is 0 Å². The van der Waals surface area contributed by atoms with Crippen LogP contribution in [0.2, 0.25) is 0 Å². The Labute approximate surface area is 77.9 Å². The van der Waals surface area contributed by atoms with E-state index in [-0.39, 0.29) is 6.54 Å². The molecular weight excluding hydrogens is 188 g/mol. The van der Waals surface area contributed by atoms with E-state index in [1.807, 2.05) is 6.07 Å². The Morgan fingerprint density at radius 3 is 2.38 bits per heavy atom. The van der Waals surface area contributed by atoms with Crippen LogP contribution in [-0.4, -0.2) is 8.42 Å². The summed E-state index contributed by atoms with van der Waals surface area (Å²) in [5.74, 6) is 0. The molecule has 13 heavy (non-hydrogen) atoms. The molecule has 0 aliphatic rings. The SMILES string of the molecule is N#Cc1ccc(CN[SH](=O)=O)cc1. The number of nitrogens with one attached hydrogen (secondary N) is 1. The van der Waals surface area contributed by atoms with Crippen molar-refractivity contribution in [2.75, 3.05) is 0 Å². The molecule has 1 N–H and O–H groups in total. The molecule has 5 heteroatoms. The third kappa shape index (κ3) is 3.23. The van der Waals surface area contributed by atoms with Crippen molar-refractivity contribution < 1.29 is 8.42 Å². The van der Waals surface area contributed by atoms with E-state index in [4.69, 9.17) is 5.26 Å². The molecule has 0 aromatic heterocycles. The Morgan fingerprint density at radius 2 is 1.92 bits per heavy atom. The van der Waals surface area contributed by atoms with Gasteiger partial charge in [-0.05, 0) is 17.7 Å². The predicted molar refractivity (Wildman–Crippen MR) is 48.3 cm³/mol. The van der Waals surface area contributed by atoms with Crippen LogP contribution in [-0.2, 0) is 17.4 Å². The van der Waals surface area contributed by atoms with Crippen molar-refractivity contribution in [3.05, 3.63) is 35.4 Å². The summed E-state index contributed by atoms with van der Waals surface area (Å²) in [6.45, 7) is 0.268. The van der Waals surface area contributed by atoms with E-state index in [1.54, 1.807) is 24.3 Å². The van der Waals surface area contributed by atoms with E-state index in [1.165, 1.54) is 0 Å². The summed E-state index contributed by atoms with van der Waals surface area (Å²) in [6.07, 6.45) is 0. The molecule has 0 bridgehead atoms. The summed E-state index contributed by atoms with van der Waals surface area (Å²) in [6, 6.07) is 8.70. The Bertz CT molecular complexity index is 382. The Hall–Kier alpha value is -1.38. The average Bonchev–Trinajstić information content (AvgIpc) is 2.15. The van der Waals surface area contributed by atoms with E-state index < -0.39 is 10.9 Å². The lowest BCUT2D eigenvalue weighted by Crippen LogP contribution is -2.09. The van der Waals surface area contributed by atoms with Gasteiger partial charge in [-0.2, -0.15) is 5.26 Å². The van der Waals surface area contributed by atoms with E-state index in [0.29, 0.717) is 5.56 Å². The maximum atomic E-state index is 10.2. The van der Waals surface area contributed by atoms with Crippen LogP contribution in [0.1, 0.15) is 11.1 Å². The van der Waals surface area contributed by atoms with Gasteiger partial charge in [-0.3, -0.25) is 0 Å². The summed E-state index contributed by atoms with van der Waals surface area (Å²) in [5, 5.41) is 8.48. The third-order valence-corrected chi connectivity index (χ3v) is 1.91. The molecule has 0 aliphatic heterocycles. The number of nitriles is 1. The average molecular weight is 196 g/mol. The van der Waals surface area contributed by atoms with Gasteiger partial charge in [0.05, 0.1) is 11.6 Å². The maximum absolute atomic E-state index is 10.2. The number of nitrogens with zero attached hydrogens (tertiary/aromatic N) is 1. The number of hydrogen-bond donors (Lipinski definition) is 2. The number of thiol groups is 1. The van der Waals surface area contributed by atoms with Gasteiger partial charge < -0.3 is 0 Å². The van der Waals surface area contributed by atoms with E-state index >= 15 is 0 Å². The fourth-order valence-electron chi connectivity index (χ4n) is 0.853. The molecule has 0 aliphatic carbocycles. The number of rotatable bonds is 3. The van der Waals surface area contributed by atoms with Crippen LogP contribution in [0.25, 0.3) is 0 Å². The molecule has 0 atom stereocenters. The molecule has 0 spiro atoms. The molecule has 0 amide bonds. The fraction of sp³-hybridized carbons (Fsp3) is 0.125. The minimum Gasteiger partial charge on any atom is -0.216 e. The highest BCUT2D eigenvalue weighted by Crippen LogP contribution is 2.02. The van der Waals surface area contributed by atoms with Crippen molar-refractivity contribution in [1.29, 1.82) is 5.26 Å². The molecule has 0 heterocycles. The van der Waals surface area contributed by atoms with Crippen LogP contribution in [0.15, 0.2) is 24.3 Å². The first kappa shape index (κ1) is 9.71. The van der Waals surface area contributed by atoms with Crippen molar-refractivity contribution in [3.63, 3.8) is 0 Å². The summed E-state index contributed by atoms with van der Waals surface area (Å²) in [4.78, 5) is 0. The Kier molecular flexibility index (Phi) is 3.43. The molecule has 4 nitrogen and oxygen atoms in total. The predicted octanol–water partition coefficient (Wildman–Crippen LogP) is 0.174. The minimum atomic E-state index is -2.55. The van der Waals surface area contributed by atoms with Crippen LogP contribution in [0.5, 0.6) is 0 Å². The van der Waals surface area contributed by atoms with Gasteiger partial charge in [0, 0.05) is 6.54 Å². The van der Waals surface area contributed by atoms with Crippen LogP contribution in [0, 0.1) is 11.3 Å². The molecule has 1 aromatic carbocycles. The summed E-state index contributed by atoms with van der Waals surface area (Å²) >= 11 is 0. The van der Waals surface area contributed by atoms with Gasteiger partial charge in [-0.15, -0.1) is 0 Å². The molecule has 0 radical (unpaired) electrons. The molecule has 68 valence electrons. The van der Waals surface area contributed by atoms with Gasteiger partial charge in [-0.1, -0.05) is 12.1 Å². The van der Waals surface area contributed by atoms with Crippen molar-refractivity contribution in [2.45, 2.75) is 6.54 Å². The lowest BCUT2D eigenvalue weighted by molar-refractivity contribution is 0.601. The van der Waals surface area contributed by atoms with Crippen LogP contribution in [0.4, 0.5) is 0 Å². The quantitative estimate of drug-likeness (QED) is 0.677. The summed E-state index contributed by atoms with van der Waals surface area (Å²) in [5.41, 5.74) is 1.40. The topological polar surface area (TPSA) is 70.0 Å². The first-order valence-corrected chi connectivity index (χ1v) is 4.77. The lowest BCUT2D eigenvalue weighted by Gasteiger charge is -1.97. The molecule has 1 aromatic rings. The standard InChI is InChI=1S/C8H8N2O2S/c9-5-7-1-3-8(4-2-7)6-10-13(11)12/h1-4,13H,6H2,(H,10,11,12). The smallest absolute Gasteiger partial charge is 0.201 e. The van der Waals surface area contributed by atoms with E-state index in [2.05, 4.69) is 4.72 Å². The second-order valence-electron chi connectivity index (χ2n) is 2.40. The zero-order chi connectivity index (χ0) is 9.68. The second kappa shape index (κ2) is 4.60. The third-order valence-electron chi connectivity index (χ3n) is 1.50. The van der Waals surface area contributed by atoms with Gasteiger partial charge in [0.2, 0.25) is 10.9 Å². The molecule has 0 saturated carbocycles. The van der Waals surface area contributed by atoms with E-state index in [9.17, 15) is 8.42 Å². The zero-order valence-corrected chi connectivity index (χ0v) is 7.62. The molecule has 0 saturated heterocycles. The Balaban J connectivity index is 2.65. The van der Waals surface area contributed by atoms with Crippen molar-refractivity contribution in [3.8, 4) is 6.07 Å². The van der Waals surface area contributed by atoms with Crippen LogP contribution < -0.4 is 4.72 Å². The highest BCUT2D eigenvalue weighted by molar-refractivity contribution is 7.70. The maximum Gasteiger partial charge on any atom is 0.201 e. The highest BCUT2D eigenvalue weighted by Gasteiger charge is 1.93. The van der Waals surface area contributed by atoms with Crippen LogP contribution >= 0.6 is 0 Å². The van der Waals surface area contributed by atoms with Gasteiger partial charge in [0.25, 0.3) is 0 Å². The van der Waals surface area contributed by atoms with Gasteiger partial charge in [0.15, 0.2) is 0 Å². The first-order chi connectivity index (χ1) is 6.22.